The Labute approximate surface area is 176 Å². The van der Waals surface area contributed by atoms with E-state index in [4.69, 9.17) is 0 Å². The highest BCUT2D eigenvalue weighted by Gasteiger charge is 2.39. The summed E-state index contributed by atoms with van der Waals surface area (Å²) in [5.41, 5.74) is -0.542. The van der Waals surface area contributed by atoms with E-state index in [0.29, 0.717) is 32.7 Å². The Morgan fingerprint density at radius 2 is 1.35 bits per heavy atom. The van der Waals surface area contributed by atoms with E-state index in [-0.39, 0.29) is 20.4 Å². The first-order valence-corrected chi connectivity index (χ1v) is 9.36. The van der Waals surface area contributed by atoms with Crippen molar-refractivity contribution in [2.75, 3.05) is 0 Å². The minimum absolute atomic E-state index is 0.00413. The minimum atomic E-state index is -4.79. The average Bonchev–Trinajstić information content (AvgIpc) is 3.18. The summed E-state index contributed by atoms with van der Waals surface area (Å²) in [4.78, 5) is 14.4. The predicted octanol–water partition coefficient (Wildman–Crippen LogP) is 3.59. The highest BCUT2D eigenvalue weighted by atomic mass is 32.2. The normalized spacial score (nSPS) is 12.4. The molecule has 0 aliphatic rings. The second kappa shape index (κ2) is 7.98. The van der Waals surface area contributed by atoms with Crippen LogP contribution in [0.15, 0.2) is 32.5 Å². The Hall–Kier alpha value is -2.89. The second-order valence-corrected chi connectivity index (χ2v) is 7.60. The summed E-state index contributed by atoms with van der Waals surface area (Å²) in [6.07, 6.45) is -9.54. The fourth-order valence-electron chi connectivity index (χ4n) is 2.17. The molecule has 3 aromatic heterocycles. The SMILES string of the molecule is Cn1c(Sc2ccc([N+](=O)[O-])c(Sc3nnc(C(F)(F)F)n3C)n2)nnc1C(F)(F)F. The van der Waals surface area contributed by atoms with Gasteiger partial charge in [-0.25, -0.2) is 4.98 Å². The van der Waals surface area contributed by atoms with Crippen molar-refractivity contribution < 1.29 is 31.3 Å². The van der Waals surface area contributed by atoms with E-state index in [0.717, 1.165) is 26.2 Å². The molecule has 0 saturated carbocycles. The molecule has 0 saturated heterocycles. The zero-order valence-corrected chi connectivity index (χ0v) is 16.8. The monoisotopic (exact) mass is 486 g/mol. The third kappa shape index (κ3) is 4.73. The summed E-state index contributed by atoms with van der Waals surface area (Å²) in [5.74, 6) is -2.58. The van der Waals surface area contributed by atoms with E-state index in [1.807, 2.05) is 0 Å². The molecule has 0 aliphatic heterocycles. The molecule has 0 fully saturated rings. The van der Waals surface area contributed by atoms with Crippen LogP contribution >= 0.6 is 23.5 Å². The Kier molecular flexibility index (Phi) is 5.87. The first-order chi connectivity index (χ1) is 14.3. The molecular weight excluding hydrogens is 478 g/mol. The van der Waals surface area contributed by atoms with Crippen molar-refractivity contribution in [1.29, 1.82) is 0 Å². The van der Waals surface area contributed by atoms with Gasteiger partial charge in [0.05, 0.1) is 4.92 Å². The molecule has 0 atom stereocenters. The van der Waals surface area contributed by atoms with E-state index < -0.39 is 34.6 Å². The van der Waals surface area contributed by atoms with Gasteiger partial charge in [0, 0.05) is 20.2 Å². The Morgan fingerprint density at radius 1 is 0.871 bits per heavy atom. The summed E-state index contributed by atoms with van der Waals surface area (Å²) in [5, 5.41) is 23.3. The Morgan fingerprint density at radius 3 is 1.77 bits per heavy atom. The van der Waals surface area contributed by atoms with E-state index >= 15 is 0 Å². The molecule has 166 valence electrons. The smallest absolute Gasteiger partial charge is 0.301 e. The van der Waals surface area contributed by atoms with Gasteiger partial charge in [0.25, 0.3) is 0 Å². The van der Waals surface area contributed by atoms with Gasteiger partial charge in [0.15, 0.2) is 15.3 Å². The number of hydrogen-bond donors (Lipinski definition) is 0. The van der Waals surface area contributed by atoms with Gasteiger partial charge in [-0.2, -0.15) is 26.3 Å². The molecule has 3 aromatic rings. The fraction of sp³-hybridized carbons (Fsp3) is 0.308. The van der Waals surface area contributed by atoms with Gasteiger partial charge in [-0.3, -0.25) is 10.1 Å². The summed E-state index contributed by atoms with van der Waals surface area (Å²) in [7, 11) is 2.10. The molecular formula is C13H8F6N8O2S2. The molecule has 31 heavy (non-hydrogen) atoms. The summed E-state index contributed by atoms with van der Waals surface area (Å²) in [6, 6.07) is 2.17. The summed E-state index contributed by atoms with van der Waals surface area (Å²) in [6.45, 7) is 0. The van der Waals surface area contributed by atoms with Crippen molar-refractivity contribution >= 4 is 29.2 Å². The van der Waals surface area contributed by atoms with Gasteiger partial charge in [-0.05, 0) is 29.6 Å². The molecule has 0 aromatic carbocycles. The lowest BCUT2D eigenvalue weighted by molar-refractivity contribution is -0.388. The molecule has 0 radical (unpaired) electrons. The third-order valence-corrected chi connectivity index (χ3v) is 5.58. The van der Waals surface area contributed by atoms with Crippen LogP contribution in [0, 0.1) is 10.1 Å². The maximum absolute atomic E-state index is 12.9. The van der Waals surface area contributed by atoms with Crippen LogP contribution in [0.5, 0.6) is 0 Å². The van der Waals surface area contributed by atoms with Crippen LogP contribution in [0.4, 0.5) is 32.0 Å². The number of aromatic nitrogens is 7. The van der Waals surface area contributed by atoms with Crippen molar-refractivity contribution in [1.82, 2.24) is 34.5 Å². The zero-order chi connectivity index (χ0) is 23.1. The van der Waals surface area contributed by atoms with Crippen molar-refractivity contribution in [3.05, 3.63) is 33.9 Å². The van der Waals surface area contributed by atoms with Gasteiger partial charge in [-0.1, -0.05) is 0 Å². The van der Waals surface area contributed by atoms with Crippen LogP contribution in [0.25, 0.3) is 0 Å². The molecule has 0 N–H and O–H groups in total. The van der Waals surface area contributed by atoms with Crippen LogP contribution < -0.4 is 0 Å². The van der Waals surface area contributed by atoms with Crippen LogP contribution in [0.1, 0.15) is 11.6 Å². The molecule has 0 spiro atoms. The number of alkyl halides is 6. The summed E-state index contributed by atoms with van der Waals surface area (Å²) >= 11 is 1.07. The van der Waals surface area contributed by atoms with E-state index in [2.05, 4.69) is 25.4 Å². The first kappa shape index (κ1) is 22.8. The number of rotatable bonds is 5. The number of pyridine rings is 1. The minimum Gasteiger partial charge on any atom is -0.301 e. The maximum Gasteiger partial charge on any atom is 0.451 e. The van der Waals surface area contributed by atoms with E-state index in [9.17, 15) is 36.5 Å². The van der Waals surface area contributed by atoms with Gasteiger partial charge < -0.3 is 9.13 Å². The van der Waals surface area contributed by atoms with Crippen LogP contribution in [-0.4, -0.2) is 39.4 Å². The van der Waals surface area contributed by atoms with Crippen LogP contribution in [0.2, 0.25) is 0 Å². The van der Waals surface area contributed by atoms with Gasteiger partial charge >= 0.3 is 18.0 Å². The highest BCUT2D eigenvalue weighted by Crippen LogP contribution is 2.38. The number of halogens is 6. The van der Waals surface area contributed by atoms with Crippen LogP contribution in [0.3, 0.4) is 0 Å². The molecule has 0 unspecified atom stereocenters. The number of nitro groups is 1. The van der Waals surface area contributed by atoms with Gasteiger partial charge in [-0.15, -0.1) is 20.4 Å². The fourth-order valence-corrected chi connectivity index (χ4v) is 3.86. The molecule has 18 heteroatoms. The molecule has 0 bridgehead atoms. The first-order valence-electron chi connectivity index (χ1n) is 7.73. The standard InChI is InChI=1S/C13H8F6N8O2S2/c1-25-8(12(14,15)16)21-23-10(25)30-6-4-3-5(27(28)29)7(20-6)31-11-24-22-9(26(11)2)13(17,18)19/h3-4H,1-2H3. The van der Waals surface area contributed by atoms with E-state index in [1.165, 1.54) is 0 Å². The topological polar surface area (TPSA) is 117 Å². The van der Waals surface area contributed by atoms with E-state index in [1.54, 1.807) is 0 Å². The lowest BCUT2D eigenvalue weighted by Crippen LogP contribution is -2.13. The lowest BCUT2D eigenvalue weighted by atomic mass is 10.4. The van der Waals surface area contributed by atoms with Crippen molar-refractivity contribution in [2.45, 2.75) is 32.7 Å². The third-order valence-electron chi connectivity index (χ3n) is 3.57. The molecule has 3 rings (SSSR count). The van der Waals surface area contributed by atoms with Gasteiger partial charge in [0.2, 0.25) is 11.6 Å². The number of hydrogen-bond acceptors (Lipinski definition) is 9. The molecule has 10 nitrogen and oxygen atoms in total. The Balaban J connectivity index is 1.95. The average molecular weight is 486 g/mol. The highest BCUT2D eigenvalue weighted by molar-refractivity contribution is 7.99. The molecule has 0 amide bonds. The number of nitrogens with zero attached hydrogens (tertiary/aromatic N) is 8. The molecule has 0 aliphatic carbocycles. The van der Waals surface area contributed by atoms with Crippen molar-refractivity contribution in [3.8, 4) is 0 Å². The second-order valence-electron chi connectivity index (χ2n) is 5.66. The van der Waals surface area contributed by atoms with Crippen molar-refractivity contribution in [3.63, 3.8) is 0 Å². The van der Waals surface area contributed by atoms with Gasteiger partial charge in [0.1, 0.15) is 5.03 Å². The quantitative estimate of drug-likeness (QED) is 0.303. The Bertz CT molecular complexity index is 1140. The van der Waals surface area contributed by atoms with Crippen LogP contribution in [-0.2, 0) is 26.4 Å². The maximum atomic E-state index is 12.9. The predicted molar refractivity (Wildman–Crippen MR) is 91.1 cm³/mol. The lowest BCUT2D eigenvalue weighted by Gasteiger charge is -2.08. The van der Waals surface area contributed by atoms with Crippen molar-refractivity contribution in [2.24, 2.45) is 14.1 Å². The summed E-state index contributed by atoms with van der Waals surface area (Å²) < 4.78 is 78.5. The molecule has 3 heterocycles. The zero-order valence-electron chi connectivity index (χ0n) is 15.1. The largest absolute Gasteiger partial charge is 0.451 e.